The second-order valence-electron chi connectivity index (χ2n) is 6.52. The molecule has 0 aliphatic carbocycles. The Morgan fingerprint density at radius 3 is 2.58 bits per heavy atom. The Morgan fingerprint density at radius 1 is 1.33 bits per heavy atom. The van der Waals surface area contributed by atoms with Gasteiger partial charge in [-0.05, 0) is 20.8 Å². The van der Waals surface area contributed by atoms with Crippen molar-refractivity contribution >= 4 is 11.9 Å². The summed E-state index contributed by atoms with van der Waals surface area (Å²) in [4.78, 5) is 18.1. The molecular formula is C15H20F3N3O3. The number of aliphatic hydroxyl groups excluding tert-OH is 1. The molecule has 1 aromatic rings. The minimum Gasteiger partial charge on any atom is -0.444 e. The van der Waals surface area contributed by atoms with Gasteiger partial charge in [0.15, 0.2) is 17.5 Å². The molecule has 134 valence electrons. The van der Waals surface area contributed by atoms with Crippen LogP contribution in [0.25, 0.3) is 0 Å². The molecule has 1 atom stereocenters. The van der Waals surface area contributed by atoms with Crippen LogP contribution in [0.3, 0.4) is 0 Å². The smallest absolute Gasteiger partial charge is 0.410 e. The summed E-state index contributed by atoms with van der Waals surface area (Å²) in [6.45, 7) is 5.08. The third-order valence-corrected chi connectivity index (χ3v) is 3.49. The highest BCUT2D eigenvalue weighted by atomic mass is 19.2. The van der Waals surface area contributed by atoms with Crippen LogP contribution in [0.4, 0.5) is 23.8 Å². The van der Waals surface area contributed by atoms with E-state index in [0.717, 1.165) is 0 Å². The van der Waals surface area contributed by atoms with Gasteiger partial charge in [-0.3, -0.25) is 0 Å². The zero-order chi connectivity index (χ0) is 18.1. The summed E-state index contributed by atoms with van der Waals surface area (Å²) in [7, 11) is 0. The maximum absolute atomic E-state index is 13.9. The number of hydrogen-bond donors (Lipinski definition) is 1. The molecule has 0 bridgehead atoms. The lowest BCUT2D eigenvalue weighted by molar-refractivity contribution is 0.0196. The molecule has 0 radical (unpaired) electrons. The number of piperazine rings is 1. The number of halogens is 3. The van der Waals surface area contributed by atoms with E-state index < -0.39 is 47.7 Å². The van der Waals surface area contributed by atoms with E-state index >= 15 is 0 Å². The van der Waals surface area contributed by atoms with Gasteiger partial charge >= 0.3 is 6.09 Å². The van der Waals surface area contributed by atoms with Gasteiger partial charge in [-0.2, -0.15) is 9.37 Å². The van der Waals surface area contributed by atoms with E-state index in [2.05, 4.69) is 4.98 Å². The van der Waals surface area contributed by atoms with E-state index in [-0.39, 0.29) is 19.6 Å². The number of aliphatic hydroxyl groups is 1. The molecule has 0 aromatic carbocycles. The monoisotopic (exact) mass is 347 g/mol. The standard InChI is InChI=1S/C15H20F3N3O3/c1-15(2,3)24-14(23)20-4-5-21(9(7-20)8-22)13-11(17)6-10(16)12(18)19-13/h6,9,22H,4-5,7-8H2,1-3H3. The van der Waals surface area contributed by atoms with Gasteiger partial charge in [-0.25, -0.2) is 13.6 Å². The second-order valence-corrected chi connectivity index (χ2v) is 6.52. The van der Waals surface area contributed by atoms with Crippen LogP contribution in [0.1, 0.15) is 20.8 Å². The van der Waals surface area contributed by atoms with E-state index in [0.29, 0.717) is 6.07 Å². The van der Waals surface area contributed by atoms with Crippen molar-refractivity contribution in [3.8, 4) is 0 Å². The molecule has 1 aliphatic heterocycles. The molecule has 1 aliphatic rings. The summed E-state index contributed by atoms with van der Waals surface area (Å²) >= 11 is 0. The Labute approximate surface area is 137 Å². The Morgan fingerprint density at radius 2 is 2.00 bits per heavy atom. The van der Waals surface area contributed by atoms with Crippen molar-refractivity contribution in [2.24, 2.45) is 0 Å². The van der Waals surface area contributed by atoms with Crippen LogP contribution in [0.15, 0.2) is 6.07 Å². The summed E-state index contributed by atoms with van der Waals surface area (Å²) in [5.74, 6) is -4.23. The Hall–Kier alpha value is -2.03. The zero-order valence-corrected chi connectivity index (χ0v) is 13.7. The lowest BCUT2D eigenvalue weighted by Crippen LogP contribution is -2.57. The van der Waals surface area contributed by atoms with Crippen LogP contribution < -0.4 is 4.90 Å². The number of ether oxygens (including phenoxy) is 1. The molecular weight excluding hydrogens is 327 g/mol. The molecule has 2 rings (SSSR count). The fraction of sp³-hybridized carbons (Fsp3) is 0.600. The molecule has 1 N–H and O–H groups in total. The maximum atomic E-state index is 13.9. The van der Waals surface area contributed by atoms with E-state index in [1.54, 1.807) is 20.8 Å². The first kappa shape index (κ1) is 18.3. The van der Waals surface area contributed by atoms with Crippen LogP contribution >= 0.6 is 0 Å². The van der Waals surface area contributed by atoms with Gasteiger partial charge in [0.05, 0.1) is 12.6 Å². The highest BCUT2D eigenvalue weighted by Crippen LogP contribution is 2.24. The fourth-order valence-electron chi connectivity index (χ4n) is 2.42. The average molecular weight is 347 g/mol. The zero-order valence-electron chi connectivity index (χ0n) is 13.7. The van der Waals surface area contributed by atoms with Gasteiger partial charge in [-0.15, -0.1) is 0 Å². The minimum absolute atomic E-state index is 0.0472. The van der Waals surface area contributed by atoms with Crippen molar-refractivity contribution in [3.63, 3.8) is 0 Å². The number of pyridine rings is 1. The van der Waals surface area contributed by atoms with Gasteiger partial charge in [0.1, 0.15) is 5.60 Å². The normalized spacial score (nSPS) is 18.7. The van der Waals surface area contributed by atoms with E-state index in [1.165, 1.54) is 9.80 Å². The molecule has 1 fully saturated rings. The van der Waals surface area contributed by atoms with Crippen LogP contribution in [0.2, 0.25) is 0 Å². The van der Waals surface area contributed by atoms with Crippen molar-refractivity contribution in [2.75, 3.05) is 31.1 Å². The largest absolute Gasteiger partial charge is 0.444 e. The van der Waals surface area contributed by atoms with Crippen molar-refractivity contribution in [2.45, 2.75) is 32.4 Å². The summed E-state index contributed by atoms with van der Waals surface area (Å²) in [5.41, 5.74) is -0.670. The van der Waals surface area contributed by atoms with E-state index in [1.807, 2.05) is 0 Å². The molecule has 1 saturated heterocycles. The highest BCUT2D eigenvalue weighted by Gasteiger charge is 2.34. The summed E-state index contributed by atoms with van der Waals surface area (Å²) < 4.78 is 45.5. The lowest BCUT2D eigenvalue weighted by atomic mass is 10.1. The van der Waals surface area contributed by atoms with Gasteiger partial charge in [0.25, 0.3) is 5.95 Å². The van der Waals surface area contributed by atoms with Crippen molar-refractivity contribution in [3.05, 3.63) is 23.6 Å². The van der Waals surface area contributed by atoms with E-state index in [4.69, 9.17) is 4.74 Å². The number of amides is 1. The average Bonchev–Trinajstić information content (AvgIpc) is 2.48. The van der Waals surface area contributed by atoms with Crippen molar-refractivity contribution < 1.29 is 27.8 Å². The Balaban J connectivity index is 2.16. The molecule has 2 heterocycles. The summed E-state index contributed by atoms with van der Waals surface area (Å²) in [6.07, 6.45) is -0.556. The number of carbonyl (C=O) groups is 1. The minimum atomic E-state index is -1.42. The third kappa shape index (κ3) is 4.08. The molecule has 0 spiro atoms. The first-order valence-electron chi connectivity index (χ1n) is 7.49. The van der Waals surface area contributed by atoms with Gasteiger partial charge in [0.2, 0.25) is 0 Å². The maximum Gasteiger partial charge on any atom is 0.410 e. The first-order chi connectivity index (χ1) is 11.1. The quantitative estimate of drug-likeness (QED) is 0.828. The van der Waals surface area contributed by atoms with Crippen molar-refractivity contribution in [1.29, 1.82) is 0 Å². The summed E-state index contributed by atoms with van der Waals surface area (Å²) in [5, 5.41) is 9.53. The number of hydrogen-bond acceptors (Lipinski definition) is 5. The third-order valence-electron chi connectivity index (χ3n) is 3.49. The molecule has 9 heteroatoms. The van der Waals surface area contributed by atoms with E-state index in [9.17, 15) is 23.1 Å². The number of anilines is 1. The van der Waals surface area contributed by atoms with Crippen LogP contribution in [-0.2, 0) is 4.74 Å². The Kier molecular flexibility index (Phi) is 5.22. The molecule has 1 unspecified atom stereocenters. The van der Waals surface area contributed by atoms with Crippen LogP contribution in [0.5, 0.6) is 0 Å². The predicted octanol–water partition coefficient (Wildman–Crippen LogP) is 1.92. The SMILES string of the molecule is CC(C)(C)OC(=O)N1CCN(c2nc(F)c(F)cc2F)C(CO)C1. The molecule has 6 nitrogen and oxygen atoms in total. The first-order valence-corrected chi connectivity index (χ1v) is 7.49. The number of carbonyl (C=O) groups excluding carboxylic acids is 1. The van der Waals surface area contributed by atoms with Gasteiger partial charge in [-0.1, -0.05) is 0 Å². The van der Waals surface area contributed by atoms with Crippen LogP contribution in [0, 0.1) is 17.6 Å². The predicted molar refractivity (Wildman–Crippen MR) is 80.1 cm³/mol. The molecule has 1 amide bonds. The number of nitrogens with zero attached hydrogens (tertiary/aromatic N) is 3. The number of aromatic nitrogens is 1. The Bertz CT molecular complexity index is 622. The van der Waals surface area contributed by atoms with Gasteiger partial charge in [0, 0.05) is 25.7 Å². The molecule has 1 aromatic heterocycles. The second kappa shape index (κ2) is 6.84. The van der Waals surface area contributed by atoms with Gasteiger partial charge < -0.3 is 19.6 Å². The van der Waals surface area contributed by atoms with Crippen molar-refractivity contribution in [1.82, 2.24) is 9.88 Å². The topological polar surface area (TPSA) is 65.9 Å². The molecule has 24 heavy (non-hydrogen) atoms. The highest BCUT2D eigenvalue weighted by molar-refractivity contribution is 5.68. The number of rotatable bonds is 2. The summed E-state index contributed by atoms with van der Waals surface area (Å²) in [6, 6.07) is -0.301. The molecule has 0 saturated carbocycles. The van der Waals surface area contributed by atoms with Crippen LogP contribution in [-0.4, -0.2) is 59.0 Å². The fourth-order valence-corrected chi connectivity index (χ4v) is 2.42. The lowest BCUT2D eigenvalue weighted by Gasteiger charge is -2.41.